The Hall–Kier alpha value is -0.750. The molecule has 1 aliphatic rings. The molecular weight excluding hydrogens is 321 g/mol. The zero-order chi connectivity index (χ0) is 14.2. The van der Waals surface area contributed by atoms with Gasteiger partial charge in [-0.05, 0) is 37.5 Å². The number of rotatable bonds is 4. The van der Waals surface area contributed by atoms with Crippen LogP contribution in [-0.4, -0.2) is 18.8 Å². The van der Waals surface area contributed by atoms with Crippen molar-refractivity contribution in [2.24, 2.45) is 5.73 Å². The Kier molecular flexibility index (Phi) is 4.11. The van der Waals surface area contributed by atoms with Crippen molar-refractivity contribution in [3.63, 3.8) is 0 Å². The van der Waals surface area contributed by atoms with Crippen molar-refractivity contribution in [2.75, 3.05) is 11.4 Å². The van der Waals surface area contributed by atoms with Gasteiger partial charge >= 0.3 is 6.18 Å². The van der Waals surface area contributed by atoms with E-state index in [1.165, 1.54) is 4.90 Å². The molecule has 1 aromatic carbocycles. The molecule has 19 heavy (non-hydrogen) atoms. The fourth-order valence-corrected chi connectivity index (χ4v) is 2.80. The van der Waals surface area contributed by atoms with Crippen molar-refractivity contribution >= 4 is 21.6 Å². The first-order valence-corrected chi connectivity index (χ1v) is 6.95. The number of nitrogens with zero attached hydrogens (tertiary/aromatic N) is 1. The summed E-state index contributed by atoms with van der Waals surface area (Å²) in [6, 6.07) is 5.08. The van der Waals surface area contributed by atoms with Crippen molar-refractivity contribution in [3.8, 4) is 0 Å². The normalized spacial score (nSPS) is 17.4. The first kappa shape index (κ1) is 14.7. The molecule has 1 atom stereocenters. The smallest absolute Gasteiger partial charge is 0.359 e. The van der Waals surface area contributed by atoms with Gasteiger partial charge in [-0.2, -0.15) is 13.2 Å². The molecule has 0 bridgehead atoms. The monoisotopic (exact) mass is 336 g/mol. The first-order chi connectivity index (χ1) is 8.78. The van der Waals surface area contributed by atoms with Crippen LogP contribution in [0.15, 0.2) is 22.7 Å². The second-order valence-corrected chi connectivity index (χ2v) is 5.82. The molecule has 1 aliphatic carbocycles. The van der Waals surface area contributed by atoms with Crippen molar-refractivity contribution in [3.05, 3.63) is 28.2 Å². The lowest BCUT2D eigenvalue weighted by Gasteiger charge is -2.26. The molecule has 1 fully saturated rings. The van der Waals surface area contributed by atoms with Gasteiger partial charge in [-0.25, -0.2) is 0 Å². The molecule has 0 radical (unpaired) electrons. The molecule has 1 saturated carbocycles. The molecule has 0 aliphatic heterocycles. The Bertz CT molecular complexity index is 456. The van der Waals surface area contributed by atoms with Gasteiger partial charge in [0.2, 0.25) is 0 Å². The Labute approximate surface area is 118 Å². The summed E-state index contributed by atoms with van der Waals surface area (Å²) in [5, 5.41) is 0. The summed E-state index contributed by atoms with van der Waals surface area (Å²) in [6.07, 6.45) is -2.54. The average molecular weight is 337 g/mol. The summed E-state index contributed by atoms with van der Waals surface area (Å²) in [4.78, 5) is 1.43. The van der Waals surface area contributed by atoms with Crippen LogP contribution in [-0.2, 0) is 0 Å². The lowest BCUT2D eigenvalue weighted by atomic mass is 10.1. The van der Waals surface area contributed by atoms with Crippen molar-refractivity contribution in [2.45, 2.75) is 38.0 Å². The molecule has 0 spiro atoms. The van der Waals surface area contributed by atoms with Crippen LogP contribution in [0.5, 0.6) is 0 Å². The van der Waals surface area contributed by atoms with Crippen molar-refractivity contribution in [1.82, 2.24) is 0 Å². The molecule has 2 rings (SSSR count). The highest BCUT2D eigenvalue weighted by atomic mass is 79.9. The minimum atomic E-state index is -4.19. The second kappa shape index (κ2) is 5.32. The predicted molar refractivity (Wildman–Crippen MR) is 73.2 cm³/mol. The molecule has 0 heterocycles. The number of hydrogen-bond acceptors (Lipinski definition) is 2. The van der Waals surface area contributed by atoms with Crippen molar-refractivity contribution < 1.29 is 13.2 Å². The molecule has 0 saturated heterocycles. The molecule has 106 valence electrons. The number of anilines is 1. The summed E-state index contributed by atoms with van der Waals surface area (Å²) < 4.78 is 38.6. The number of benzene rings is 1. The van der Waals surface area contributed by atoms with Gasteiger partial charge in [0.15, 0.2) is 0 Å². The largest absolute Gasteiger partial charge is 0.405 e. The van der Waals surface area contributed by atoms with Gasteiger partial charge < -0.3 is 10.6 Å². The van der Waals surface area contributed by atoms with Crippen LogP contribution in [0, 0.1) is 0 Å². The SMILES string of the molecule is CC(N)c1ccc(N(CC(F)(F)F)C2CC2)cc1Br. The van der Waals surface area contributed by atoms with Gasteiger partial charge in [0.1, 0.15) is 6.54 Å². The highest BCUT2D eigenvalue weighted by Crippen LogP contribution is 2.36. The minimum absolute atomic E-state index is 0.00896. The molecule has 0 aromatic heterocycles. The Balaban J connectivity index is 2.25. The maximum atomic E-state index is 12.6. The molecule has 0 amide bonds. The third-order valence-corrected chi connectivity index (χ3v) is 3.83. The number of halogens is 4. The van der Waals surface area contributed by atoms with E-state index in [0.717, 1.165) is 22.9 Å². The quantitative estimate of drug-likeness (QED) is 0.900. The maximum absolute atomic E-state index is 12.6. The zero-order valence-electron chi connectivity index (χ0n) is 10.5. The minimum Gasteiger partial charge on any atom is -0.359 e. The van der Waals surface area contributed by atoms with Crippen LogP contribution in [0.4, 0.5) is 18.9 Å². The molecule has 2 nitrogen and oxygen atoms in total. The van der Waals surface area contributed by atoms with E-state index in [-0.39, 0.29) is 12.1 Å². The fraction of sp³-hybridized carbons (Fsp3) is 0.538. The third-order valence-electron chi connectivity index (χ3n) is 3.14. The van der Waals surface area contributed by atoms with E-state index in [2.05, 4.69) is 15.9 Å². The Morgan fingerprint density at radius 3 is 2.47 bits per heavy atom. The Morgan fingerprint density at radius 1 is 1.42 bits per heavy atom. The first-order valence-electron chi connectivity index (χ1n) is 6.16. The molecular formula is C13H16BrF3N2. The summed E-state index contributed by atoms with van der Waals surface area (Å²) in [7, 11) is 0. The number of nitrogens with two attached hydrogens (primary N) is 1. The predicted octanol–water partition coefficient (Wildman–Crippen LogP) is 4.00. The van der Waals surface area contributed by atoms with Gasteiger partial charge in [0.25, 0.3) is 0 Å². The van der Waals surface area contributed by atoms with Crippen LogP contribution in [0.1, 0.15) is 31.4 Å². The summed E-state index contributed by atoms with van der Waals surface area (Å²) in [6.45, 7) is 0.940. The van der Waals surface area contributed by atoms with Gasteiger partial charge in [-0.15, -0.1) is 0 Å². The fourth-order valence-electron chi connectivity index (χ4n) is 2.07. The lowest BCUT2D eigenvalue weighted by molar-refractivity contribution is -0.120. The average Bonchev–Trinajstić information content (AvgIpc) is 3.07. The van der Waals surface area contributed by atoms with Crippen molar-refractivity contribution in [1.29, 1.82) is 0 Å². The van der Waals surface area contributed by atoms with E-state index < -0.39 is 12.7 Å². The van der Waals surface area contributed by atoms with E-state index in [9.17, 15) is 13.2 Å². The summed E-state index contributed by atoms with van der Waals surface area (Å²) >= 11 is 3.38. The maximum Gasteiger partial charge on any atom is 0.405 e. The molecule has 2 N–H and O–H groups in total. The molecule has 1 unspecified atom stereocenters. The standard InChI is InChI=1S/C13H16BrF3N2/c1-8(18)11-5-4-10(6-12(11)14)19(9-2-3-9)7-13(15,16)17/h4-6,8-9H,2-3,7,18H2,1H3. The van der Waals surface area contributed by atoms with Gasteiger partial charge in [0.05, 0.1) is 0 Å². The van der Waals surface area contributed by atoms with Crippen LogP contribution < -0.4 is 10.6 Å². The van der Waals surface area contributed by atoms with Crippen LogP contribution in [0.2, 0.25) is 0 Å². The highest BCUT2D eigenvalue weighted by molar-refractivity contribution is 9.10. The lowest BCUT2D eigenvalue weighted by Crippen LogP contribution is -2.36. The van der Waals surface area contributed by atoms with E-state index in [4.69, 9.17) is 5.73 Å². The second-order valence-electron chi connectivity index (χ2n) is 4.97. The van der Waals surface area contributed by atoms with E-state index in [1.54, 1.807) is 18.2 Å². The number of hydrogen-bond donors (Lipinski definition) is 1. The van der Waals surface area contributed by atoms with Crippen LogP contribution in [0.25, 0.3) is 0 Å². The van der Waals surface area contributed by atoms with Crippen LogP contribution in [0.3, 0.4) is 0 Å². The van der Waals surface area contributed by atoms with E-state index in [1.807, 2.05) is 6.92 Å². The number of alkyl halides is 3. The third kappa shape index (κ3) is 3.86. The van der Waals surface area contributed by atoms with Gasteiger partial charge in [-0.3, -0.25) is 0 Å². The van der Waals surface area contributed by atoms with E-state index in [0.29, 0.717) is 5.69 Å². The van der Waals surface area contributed by atoms with Gasteiger partial charge in [-0.1, -0.05) is 22.0 Å². The topological polar surface area (TPSA) is 29.3 Å². The summed E-state index contributed by atoms with van der Waals surface area (Å²) in [5.74, 6) is 0. The van der Waals surface area contributed by atoms with Crippen LogP contribution >= 0.6 is 15.9 Å². The van der Waals surface area contributed by atoms with Gasteiger partial charge in [0, 0.05) is 22.2 Å². The Morgan fingerprint density at radius 2 is 2.05 bits per heavy atom. The summed E-state index contributed by atoms with van der Waals surface area (Å²) in [5.41, 5.74) is 7.28. The molecule has 1 aromatic rings. The molecule has 6 heteroatoms. The van der Waals surface area contributed by atoms with E-state index >= 15 is 0 Å². The highest BCUT2D eigenvalue weighted by Gasteiger charge is 2.38. The zero-order valence-corrected chi connectivity index (χ0v) is 12.1.